The summed E-state index contributed by atoms with van der Waals surface area (Å²) < 4.78 is 1.57. The van der Waals surface area contributed by atoms with Crippen LogP contribution in [0, 0.1) is 0 Å². The zero-order chi connectivity index (χ0) is 9.14. The Morgan fingerprint density at radius 3 is 2.92 bits per heavy atom. The molecule has 1 heterocycles. The highest BCUT2D eigenvalue weighted by Gasteiger charge is 2.12. The molecule has 12 heavy (non-hydrogen) atoms. The highest BCUT2D eigenvalue weighted by molar-refractivity contribution is 5.96. The minimum absolute atomic E-state index is 0.166. The van der Waals surface area contributed by atoms with Gasteiger partial charge in [0, 0.05) is 12.7 Å². The lowest BCUT2D eigenvalue weighted by atomic mass is 10.4. The van der Waals surface area contributed by atoms with Crippen LogP contribution in [0.5, 0.6) is 0 Å². The van der Waals surface area contributed by atoms with Gasteiger partial charge in [0.25, 0.3) is 5.91 Å². The van der Waals surface area contributed by atoms with Gasteiger partial charge in [0.15, 0.2) is 5.69 Å². The summed E-state index contributed by atoms with van der Waals surface area (Å²) in [5, 5.41) is 3.90. The number of hydrazine groups is 1. The molecule has 0 spiro atoms. The Kier molecular flexibility index (Phi) is 2.29. The third-order valence-corrected chi connectivity index (χ3v) is 1.46. The Balaban J connectivity index is 2.99. The second-order valence-corrected chi connectivity index (χ2v) is 2.26. The van der Waals surface area contributed by atoms with E-state index in [1.165, 1.54) is 0 Å². The lowest BCUT2D eigenvalue weighted by Gasteiger charge is -1.94. The summed E-state index contributed by atoms with van der Waals surface area (Å²) in [4.78, 5) is 11.0. The van der Waals surface area contributed by atoms with Crippen LogP contribution in [0.2, 0.25) is 0 Å². The molecule has 0 bridgehead atoms. The summed E-state index contributed by atoms with van der Waals surface area (Å²) in [5.41, 5.74) is 7.96. The molecule has 0 saturated carbocycles. The molecule has 0 aromatic carbocycles. The van der Waals surface area contributed by atoms with E-state index in [1.54, 1.807) is 10.9 Å². The molecule has 0 aliphatic carbocycles. The van der Waals surface area contributed by atoms with Crippen molar-refractivity contribution in [2.45, 2.75) is 13.5 Å². The van der Waals surface area contributed by atoms with Crippen LogP contribution in [-0.4, -0.2) is 15.7 Å². The van der Waals surface area contributed by atoms with E-state index >= 15 is 0 Å². The summed E-state index contributed by atoms with van der Waals surface area (Å²) >= 11 is 0. The molecule has 1 aromatic heterocycles. The maximum Gasteiger partial charge on any atom is 0.287 e. The van der Waals surface area contributed by atoms with Crippen molar-refractivity contribution in [2.24, 2.45) is 5.84 Å². The van der Waals surface area contributed by atoms with Crippen molar-refractivity contribution in [1.29, 1.82) is 0 Å². The van der Waals surface area contributed by atoms with E-state index in [1.807, 2.05) is 12.3 Å². The standard InChI is InChI=1S/C6H11N5O/c1-2-11-3-4(7)5(10-11)6(12)9-8/h3H,2,7-8H2,1H3,(H,9,12). The van der Waals surface area contributed by atoms with Gasteiger partial charge in [-0.15, -0.1) is 0 Å². The number of amides is 1. The molecule has 1 amide bonds. The highest BCUT2D eigenvalue weighted by atomic mass is 16.2. The Bertz CT molecular complexity index is 292. The Morgan fingerprint density at radius 2 is 2.50 bits per heavy atom. The smallest absolute Gasteiger partial charge is 0.287 e. The van der Waals surface area contributed by atoms with Crippen LogP contribution in [-0.2, 0) is 6.54 Å². The number of aryl methyl sites for hydroxylation is 1. The summed E-state index contributed by atoms with van der Waals surface area (Å²) in [5.74, 6) is 4.45. The Labute approximate surface area is 69.5 Å². The van der Waals surface area contributed by atoms with Gasteiger partial charge in [0.1, 0.15) is 0 Å². The van der Waals surface area contributed by atoms with Crippen molar-refractivity contribution >= 4 is 11.6 Å². The first kappa shape index (κ1) is 8.54. The van der Waals surface area contributed by atoms with Gasteiger partial charge in [-0.05, 0) is 6.92 Å². The fourth-order valence-electron chi connectivity index (χ4n) is 0.844. The van der Waals surface area contributed by atoms with Crippen molar-refractivity contribution in [3.05, 3.63) is 11.9 Å². The van der Waals surface area contributed by atoms with Gasteiger partial charge in [0.2, 0.25) is 0 Å². The molecule has 0 aliphatic rings. The van der Waals surface area contributed by atoms with Crippen LogP contribution in [0.4, 0.5) is 5.69 Å². The second-order valence-electron chi connectivity index (χ2n) is 2.26. The number of rotatable bonds is 2. The van der Waals surface area contributed by atoms with E-state index in [4.69, 9.17) is 11.6 Å². The summed E-state index contributed by atoms with van der Waals surface area (Å²) in [6.07, 6.45) is 1.59. The molecule has 6 heteroatoms. The van der Waals surface area contributed by atoms with Gasteiger partial charge in [-0.2, -0.15) is 5.10 Å². The van der Waals surface area contributed by atoms with E-state index in [0.29, 0.717) is 12.2 Å². The molecule has 0 aliphatic heterocycles. The van der Waals surface area contributed by atoms with Crippen LogP contribution >= 0.6 is 0 Å². The van der Waals surface area contributed by atoms with Crippen LogP contribution in [0.3, 0.4) is 0 Å². The van der Waals surface area contributed by atoms with Gasteiger partial charge < -0.3 is 5.73 Å². The average molecular weight is 169 g/mol. The van der Waals surface area contributed by atoms with Crippen LogP contribution < -0.4 is 17.0 Å². The zero-order valence-corrected chi connectivity index (χ0v) is 6.74. The zero-order valence-electron chi connectivity index (χ0n) is 6.74. The fraction of sp³-hybridized carbons (Fsp3) is 0.333. The molecule has 66 valence electrons. The quantitative estimate of drug-likeness (QED) is 0.303. The average Bonchev–Trinajstić information content (AvgIpc) is 2.45. The fourth-order valence-corrected chi connectivity index (χ4v) is 0.844. The van der Waals surface area contributed by atoms with Gasteiger partial charge in [-0.1, -0.05) is 0 Å². The lowest BCUT2D eigenvalue weighted by molar-refractivity contribution is 0.0948. The number of aromatic nitrogens is 2. The van der Waals surface area contributed by atoms with Crippen LogP contribution in [0.15, 0.2) is 6.20 Å². The minimum Gasteiger partial charge on any atom is -0.396 e. The number of nitrogens with one attached hydrogen (secondary N) is 1. The van der Waals surface area contributed by atoms with Crippen molar-refractivity contribution in [3.63, 3.8) is 0 Å². The largest absolute Gasteiger partial charge is 0.396 e. The molecule has 0 unspecified atom stereocenters. The van der Waals surface area contributed by atoms with Crippen molar-refractivity contribution in [2.75, 3.05) is 5.73 Å². The summed E-state index contributed by atoms with van der Waals surface area (Å²) in [7, 11) is 0. The first-order valence-electron chi connectivity index (χ1n) is 3.53. The van der Waals surface area contributed by atoms with E-state index in [9.17, 15) is 4.79 Å². The summed E-state index contributed by atoms with van der Waals surface area (Å²) in [6, 6.07) is 0. The molecule has 1 aromatic rings. The molecule has 0 radical (unpaired) electrons. The topological polar surface area (TPSA) is 99.0 Å². The first-order chi connectivity index (χ1) is 5.69. The second kappa shape index (κ2) is 3.22. The molecular formula is C6H11N5O. The number of carbonyl (C=O) groups excluding carboxylic acids is 1. The molecule has 0 atom stereocenters. The normalized spacial score (nSPS) is 9.83. The molecule has 0 saturated heterocycles. The minimum atomic E-state index is -0.472. The van der Waals surface area contributed by atoms with E-state index in [2.05, 4.69) is 5.10 Å². The number of nitrogen functional groups attached to an aromatic ring is 2. The maximum absolute atomic E-state index is 11.0. The number of nitrogens with two attached hydrogens (primary N) is 2. The van der Waals surface area contributed by atoms with E-state index in [0.717, 1.165) is 0 Å². The van der Waals surface area contributed by atoms with Crippen LogP contribution in [0.1, 0.15) is 17.4 Å². The van der Waals surface area contributed by atoms with Gasteiger partial charge in [0.05, 0.1) is 5.69 Å². The number of hydrogen-bond donors (Lipinski definition) is 3. The first-order valence-corrected chi connectivity index (χ1v) is 3.53. The van der Waals surface area contributed by atoms with Crippen molar-refractivity contribution in [3.8, 4) is 0 Å². The third kappa shape index (κ3) is 1.37. The van der Waals surface area contributed by atoms with Crippen LogP contribution in [0.25, 0.3) is 0 Å². The molecule has 5 N–H and O–H groups in total. The number of nitrogens with zero attached hydrogens (tertiary/aromatic N) is 2. The monoisotopic (exact) mass is 169 g/mol. The number of hydrogen-bond acceptors (Lipinski definition) is 4. The Morgan fingerprint density at radius 1 is 1.83 bits per heavy atom. The van der Waals surface area contributed by atoms with Gasteiger partial charge in [-0.25, -0.2) is 5.84 Å². The summed E-state index contributed by atoms with van der Waals surface area (Å²) in [6.45, 7) is 2.57. The molecule has 6 nitrogen and oxygen atoms in total. The molecule has 1 rings (SSSR count). The molecular weight excluding hydrogens is 158 g/mol. The maximum atomic E-state index is 11.0. The van der Waals surface area contributed by atoms with Gasteiger partial charge in [-0.3, -0.25) is 14.9 Å². The third-order valence-electron chi connectivity index (χ3n) is 1.46. The lowest BCUT2D eigenvalue weighted by Crippen LogP contribution is -2.31. The highest BCUT2D eigenvalue weighted by Crippen LogP contribution is 2.07. The van der Waals surface area contributed by atoms with E-state index in [-0.39, 0.29) is 5.69 Å². The number of carbonyl (C=O) groups is 1. The van der Waals surface area contributed by atoms with E-state index < -0.39 is 5.91 Å². The predicted molar refractivity (Wildman–Crippen MR) is 44.0 cm³/mol. The molecule has 0 fully saturated rings. The predicted octanol–water partition coefficient (Wildman–Crippen LogP) is -0.911. The van der Waals surface area contributed by atoms with Crippen molar-refractivity contribution in [1.82, 2.24) is 15.2 Å². The SMILES string of the molecule is CCn1cc(N)c(C(=O)NN)n1. The Hall–Kier alpha value is -1.56. The van der Waals surface area contributed by atoms with Gasteiger partial charge >= 0.3 is 0 Å². The van der Waals surface area contributed by atoms with Crippen molar-refractivity contribution < 1.29 is 4.79 Å². The number of anilines is 1.